The molecule has 0 fully saturated rings. The topological polar surface area (TPSA) is 67.4 Å². The van der Waals surface area contributed by atoms with Crippen molar-refractivity contribution < 1.29 is 18.7 Å². The van der Waals surface area contributed by atoms with Crippen molar-refractivity contribution in [1.82, 2.24) is 0 Å². The Morgan fingerprint density at radius 1 is 0.862 bits per heavy atom. The van der Waals surface area contributed by atoms with Gasteiger partial charge in [0.05, 0.1) is 23.5 Å². The average molecular weight is 433 g/mol. The van der Waals surface area contributed by atoms with Gasteiger partial charge in [-0.15, -0.1) is 0 Å². The summed E-state index contributed by atoms with van der Waals surface area (Å²) in [4.78, 5) is 25.0. The molecule has 0 atom stereocenters. The predicted octanol–water partition coefficient (Wildman–Crippen LogP) is 5.65. The average Bonchev–Trinajstić information content (AvgIpc) is 2.70. The lowest BCUT2D eigenvalue weighted by Gasteiger charge is -2.13. The zero-order valence-corrected chi connectivity index (χ0v) is 16.6. The van der Waals surface area contributed by atoms with E-state index >= 15 is 0 Å². The first-order valence-corrected chi connectivity index (χ1v) is 9.14. The first kappa shape index (κ1) is 20.6. The van der Waals surface area contributed by atoms with Crippen LogP contribution in [0.15, 0.2) is 60.7 Å². The van der Waals surface area contributed by atoms with E-state index in [1.807, 2.05) is 0 Å². The number of benzene rings is 3. The predicted molar refractivity (Wildman–Crippen MR) is 112 cm³/mol. The zero-order valence-electron chi connectivity index (χ0n) is 15.1. The van der Waals surface area contributed by atoms with Crippen molar-refractivity contribution in [1.29, 1.82) is 0 Å². The molecule has 0 spiro atoms. The molecule has 0 unspecified atom stereocenters. The number of ether oxygens (including phenoxy) is 1. The number of methoxy groups -OCH3 is 1. The van der Waals surface area contributed by atoms with Crippen LogP contribution in [0.5, 0.6) is 5.75 Å². The second-order valence-electron chi connectivity index (χ2n) is 5.96. The standard InChI is InChI=1S/C21H15Cl2FN2O3/c1-29-19-8-5-13(21(28)25-17-11-14(22)6-7-16(17)23)10-18(19)26-20(27)12-3-2-4-15(24)9-12/h2-11H,1H3,(H,25,28)(H,26,27). The van der Waals surface area contributed by atoms with Gasteiger partial charge in [-0.25, -0.2) is 4.39 Å². The van der Waals surface area contributed by atoms with Crippen molar-refractivity contribution in [2.45, 2.75) is 0 Å². The van der Waals surface area contributed by atoms with Crippen molar-refractivity contribution in [3.8, 4) is 5.75 Å². The summed E-state index contributed by atoms with van der Waals surface area (Å²) >= 11 is 12.0. The van der Waals surface area contributed by atoms with Gasteiger partial charge in [-0.3, -0.25) is 9.59 Å². The molecular formula is C21H15Cl2FN2O3. The maximum absolute atomic E-state index is 13.4. The SMILES string of the molecule is COc1ccc(C(=O)Nc2cc(Cl)ccc2Cl)cc1NC(=O)c1cccc(F)c1. The summed E-state index contributed by atoms with van der Waals surface area (Å²) in [6.45, 7) is 0. The van der Waals surface area contributed by atoms with Crippen LogP contribution in [-0.4, -0.2) is 18.9 Å². The van der Waals surface area contributed by atoms with E-state index in [4.69, 9.17) is 27.9 Å². The summed E-state index contributed by atoms with van der Waals surface area (Å²) in [5.41, 5.74) is 0.987. The monoisotopic (exact) mass is 432 g/mol. The lowest BCUT2D eigenvalue weighted by molar-refractivity contribution is 0.101. The fourth-order valence-corrected chi connectivity index (χ4v) is 2.90. The summed E-state index contributed by atoms with van der Waals surface area (Å²) in [6.07, 6.45) is 0. The molecular weight excluding hydrogens is 418 g/mol. The van der Waals surface area contributed by atoms with Crippen LogP contribution in [0.2, 0.25) is 10.0 Å². The Labute approximate surface area is 176 Å². The molecule has 29 heavy (non-hydrogen) atoms. The van der Waals surface area contributed by atoms with Crippen LogP contribution < -0.4 is 15.4 Å². The third-order valence-electron chi connectivity index (χ3n) is 3.97. The number of anilines is 2. The second kappa shape index (κ2) is 8.94. The van der Waals surface area contributed by atoms with Crippen molar-refractivity contribution >= 4 is 46.4 Å². The third-order valence-corrected chi connectivity index (χ3v) is 4.54. The highest BCUT2D eigenvalue weighted by Gasteiger charge is 2.15. The molecule has 0 saturated heterocycles. The normalized spacial score (nSPS) is 10.3. The molecule has 2 N–H and O–H groups in total. The van der Waals surface area contributed by atoms with Crippen LogP contribution in [0.1, 0.15) is 20.7 Å². The van der Waals surface area contributed by atoms with Crippen LogP contribution in [0.25, 0.3) is 0 Å². The minimum Gasteiger partial charge on any atom is -0.495 e. The largest absolute Gasteiger partial charge is 0.495 e. The Morgan fingerprint density at radius 2 is 1.55 bits per heavy atom. The number of rotatable bonds is 5. The number of nitrogens with one attached hydrogen (secondary N) is 2. The summed E-state index contributed by atoms with van der Waals surface area (Å²) < 4.78 is 18.6. The van der Waals surface area contributed by atoms with Gasteiger partial charge >= 0.3 is 0 Å². The van der Waals surface area contributed by atoms with Gasteiger partial charge < -0.3 is 15.4 Å². The summed E-state index contributed by atoms with van der Waals surface area (Å²) in [6, 6.07) is 14.5. The maximum Gasteiger partial charge on any atom is 0.255 e. The number of carbonyl (C=O) groups is 2. The number of hydrogen-bond acceptors (Lipinski definition) is 3. The Balaban J connectivity index is 1.85. The molecule has 0 aliphatic rings. The van der Waals surface area contributed by atoms with Crippen LogP contribution in [0.3, 0.4) is 0 Å². The van der Waals surface area contributed by atoms with E-state index in [1.165, 1.54) is 49.6 Å². The second-order valence-corrected chi connectivity index (χ2v) is 6.80. The minimum atomic E-state index is -0.543. The lowest BCUT2D eigenvalue weighted by atomic mass is 10.1. The van der Waals surface area contributed by atoms with Crippen molar-refractivity contribution in [3.05, 3.63) is 87.7 Å². The third kappa shape index (κ3) is 5.04. The molecule has 0 aromatic heterocycles. The molecule has 5 nitrogen and oxygen atoms in total. The molecule has 0 aliphatic heterocycles. The van der Waals surface area contributed by atoms with Gasteiger partial charge in [0, 0.05) is 16.1 Å². The van der Waals surface area contributed by atoms with Crippen LogP contribution in [0, 0.1) is 5.82 Å². The van der Waals surface area contributed by atoms with Gasteiger partial charge in [-0.05, 0) is 54.6 Å². The number of amides is 2. The van der Waals surface area contributed by atoms with E-state index in [1.54, 1.807) is 12.1 Å². The first-order valence-electron chi connectivity index (χ1n) is 8.39. The molecule has 3 rings (SSSR count). The van der Waals surface area contributed by atoms with E-state index in [2.05, 4.69) is 10.6 Å². The summed E-state index contributed by atoms with van der Waals surface area (Å²) in [5.74, 6) is -1.19. The van der Waals surface area contributed by atoms with Gasteiger partial charge in [-0.1, -0.05) is 29.3 Å². The molecule has 0 radical (unpaired) electrons. The summed E-state index contributed by atoms with van der Waals surface area (Å²) in [7, 11) is 1.43. The maximum atomic E-state index is 13.4. The highest BCUT2D eigenvalue weighted by Crippen LogP contribution is 2.29. The zero-order chi connectivity index (χ0) is 21.0. The quantitative estimate of drug-likeness (QED) is 0.547. The fourth-order valence-electron chi connectivity index (χ4n) is 2.56. The Morgan fingerprint density at radius 3 is 2.24 bits per heavy atom. The van der Waals surface area contributed by atoms with E-state index in [9.17, 15) is 14.0 Å². The molecule has 0 heterocycles. The molecule has 3 aromatic rings. The molecule has 2 amide bonds. The lowest BCUT2D eigenvalue weighted by Crippen LogP contribution is -2.15. The van der Waals surface area contributed by atoms with Crippen molar-refractivity contribution in [2.75, 3.05) is 17.7 Å². The minimum absolute atomic E-state index is 0.132. The molecule has 148 valence electrons. The summed E-state index contributed by atoms with van der Waals surface area (Å²) in [5, 5.41) is 6.04. The number of halogens is 3. The molecule has 0 bridgehead atoms. The Hall–Kier alpha value is -3.09. The van der Waals surface area contributed by atoms with E-state index in [-0.39, 0.29) is 16.8 Å². The molecule has 8 heteroatoms. The molecule has 0 saturated carbocycles. The molecule has 3 aromatic carbocycles. The Kier molecular flexibility index (Phi) is 6.36. The van der Waals surface area contributed by atoms with Gasteiger partial charge in [-0.2, -0.15) is 0 Å². The molecule has 0 aliphatic carbocycles. The van der Waals surface area contributed by atoms with Crippen LogP contribution in [0.4, 0.5) is 15.8 Å². The van der Waals surface area contributed by atoms with E-state index in [0.29, 0.717) is 21.5 Å². The number of hydrogen-bond donors (Lipinski definition) is 2. The Bertz CT molecular complexity index is 1090. The van der Waals surface area contributed by atoms with E-state index in [0.717, 1.165) is 6.07 Å². The van der Waals surface area contributed by atoms with Crippen LogP contribution in [-0.2, 0) is 0 Å². The highest BCUT2D eigenvalue weighted by atomic mass is 35.5. The number of carbonyl (C=O) groups excluding carboxylic acids is 2. The van der Waals surface area contributed by atoms with E-state index < -0.39 is 17.6 Å². The van der Waals surface area contributed by atoms with Gasteiger partial charge in [0.1, 0.15) is 11.6 Å². The van der Waals surface area contributed by atoms with Gasteiger partial charge in [0.15, 0.2) is 0 Å². The van der Waals surface area contributed by atoms with Gasteiger partial charge in [0.25, 0.3) is 11.8 Å². The van der Waals surface area contributed by atoms with Gasteiger partial charge in [0.2, 0.25) is 0 Å². The first-order chi connectivity index (χ1) is 13.9. The van der Waals surface area contributed by atoms with Crippen molar-refractivity contribution in [3.63, 3.8) is 0 Å². The van der Waals surface area contributed by atoms with Crippen molar-refractivity contribution in [2.24, 2.45) is 0 Å². The fraction of sp³-hybridized carbons (Fsp3) is 0.0476. The smallest absolute Gasteiger partial charge is 0.255 e. The highest BCUT2D eigenvalue weighted by molar-refractivity contribution is 6.35. The van der Waals surface area contributed by atoms with Crippen LogP contribution >= 0.6 is 23.2 Å².